The lowest BCUT2D eigenvalue weighted by molar-refractivity contribution is -0.139. The molecule has 36 heavy (non-hydrogen) atoms. The summed E-state index contributed by atoms with van der Waals surface area (Å²) < 4.78 is 43.6. The van der Waals surface area contributed by atoms with Gasteiger partial charge in [0.1, 0.15) is 11.8 Å². The van der Waals surface area contributed by atoms with Crippen LogP contribution >= 0.6 is 0 Å². The van der Waals surface area contributed by atoms with Gasteiger partial charge in [0.2, 0.25) is 0 Å². The van der Waals surface area contributed by atoms with E-state index in [2.05, 4.69) is 5.32 Å². The highest BCUT2D eigenvalue weighted by molar-refractivity contribution is 6.04. The van der Waals surface area contributed by atoms with E-state index in [-0.39, 0.29) is 18.8 Å². The number of aliphatic carboxylic acids is 1. The maximum atomic E-state index is 12.6. The third-order valence-corrected chi connectivity index (χ3v) is 5.41. The number of ether oxygens (including phenoxy) is 1. The molecule has 0 bridgehead atoms. The second-order valence-corrected chi connectivity index (χ2v) is 8.23. The summed E-state index contributed by atoms with van der Waals surface area (Å²) in [5.74, 6) is -0.704. The molecule has 0 spiro atoms. The zero-order valence-corrected chi connectivity index (χ0v) is 19.6. The van der Waals surface area contributed by atoms with Crippen LogP contribution in [0.15, 0.2) is 90.6 Å². The normalized spacial score (nSPS) is 12.6. The van der Waals surface area contributed by atoms with Gasteiger partial charge < -0.3 is 15.2 Å². The molecule has 0 unspecified atom stereocenters. The van der Waals surface area contributed by atoms with Crippen molar-refractivity contribution in [3.63, 3.8) is 0 Å². The van der Waals surface area contributed by atoms with Crippen molar-refractivity contribution in [2.24, 2.45) is 0 Å². The lowest BCUT2D eigenvalue weighted by atomic mass is 10.0. The van der Waals surface area contributed by atoms with Crippen LogP contribution in [-0.2, 0) is 23.8 Å². The van der Waals surface area contributed by atoms with Crippen molar-refractivity contribution in [2.45, 2.75) is 32.0 Å². The van der Waals surface area contributed by atoms with Gasteiger partial charge in [-0.25, -0.2) is 4.79 Å². The highest BCUT2D eigenvalue weighted by atomic mass is 19.4. The summed E-state index contributed by atoms with van der Waals surface area (Å²) in [7, 11) is 0. The maximum absolute atomic E-state index is 12.6. The maximum Gasteiger partial charge on any atom is 0.416 e. The molecule has 0 aromatic heterocycles. The van der Waals surface area contributed by atoms with Gasteiger partial charge in [-0.3, -0.25) is 4.79 Å². The molecule has 188 valence electrons. The zero-order valence-electron chi connectivity index (χ0n) is 19.6. The lowest BCUT2D eigenvalue weighted by Crippen LogP contribution is -2.37. The Bertz CT molecular complexity index is 1190. The summed E-state index contributed by atoms with van der Waals surface area (Å²) in [6.45, 7) is 1.92. The highest BCUT2D eigenvalue weighted by Gasteiger charge is 2.29. The Hall–Kier alpha value is -4.07. The SMILES string of the molecule is C/C(=C/C(=O)c1ccccc1)N[C@@H](Cc1ccc(OCCc2ccc(C(F)(F)F)cc2)cc1)C(=O)O. The summed E-state index contributed by atoms with van der Waals surface area (Å²) in [4.78, 5) is 24.1. The van der Waals surface area contributed by atoms with E-state index in [1.165, 1.54) is 18.2 Å². The van der Waals surface area contributed by atoms with Crippen LogP contribution in [0.25, 0.3) is 0 Å². The molecular weight excluding hydrogens is 471 g/mol. The predicted octanol–water partition coefficient (Wildman–Crippen LogP) is 5.70. The van der Waals surface area contributed by atoms with E-state index in [4.69, 9.17) is 4.74 Å². The molecule has 3 aromatic rings. The Labute approximate surface area is 207 Å². The molecule has 0 saturated carbocycles. The monoisotopic (exact) mass is 497 g/mol. The van der Waals surface area contributed by atoms with Crippen molar-refractivity contribution in [3.05, 3.63) is 113 Å². The van der Waals surface area contributed by atoms with Gasteiger partial charge in [-0.05, 0) is 42.3 Å². The second kappa shape index (κ2) is 12.1. The number of carbonyl (C=O) groups excluding carboxylic acids is 1. The first-order valence-corrected chi connectivity index (χ1v) is 11.3. The quantitative estimate of drug-likeness (QED) is 0.263. The van der Waals surface area contributed by atoms with Crippen LogP contribution in [0.4, 0.5) is 13.2 Å². The van der Waals surface area contributed by atoms with Gasteiger partial charge in [0.25, 0.3) is 0 Å². The topological polar surface area (TPSA) is 75.6 Å². The van der Waals surface area contributed by atoms with Crippen LogP contribution < -0.4 is 10.1 Å². The molecule has 1 atom stereocenters. The molecule has 3 aromatic carbocycles. The number of allylic oxidation sites excluding steroid dienone is 2. The molecule has 0 radical (unpaired) electrons. The van der Waals surface area contributed by atoms with Crippen LogP contribution in [0.3, 0.4) is 0 Å². The Kier molecular flexibility index (Phi) is 8.89. The number of hydrogen-bond acceptors (Lipinski definition) is 4. The van der Waals surface area contributed by atoms with Gasteiger partial charge >= 0.3 is 12.1 Å². The fraction of sp³-hybridized carbons (Fsp3) is 0.214. The molecule has 8 heteroatoms. The van der Waals surface area contributed by atoms with Gasteiger partial charge in [-0.15, -0.1) is 0 Å². The molecule has 0 aliphatic rings. The summed E-state index contributed by atoms with van der Waals surface area (Å²) in [5, 5.41) is 12.5. The van der Waals surface area contributed by atoms with Crippen LogP contribution in [0.1, 0.15) is 34.0 Å². The van der Waals surface area contributed by atoms with E-state index < -0.39 is 23.8 Å². The molecule has 0 aliphatic carbocycles. The van der Waals surface area contributed by atoms with Gasteiger partial charge in [-0.2, -0.15) is 13.2 Å². The van der Waals surface area contributed by atoms with Gasteiger partial charge in [-0.1, -0.05) is 54.6 Å². The second-order valence-electron chi connectivity index (χ2n) is 8.23. The average molecular weight is 498 g/mol. The van der Waals surface area contributed by atoms with Crippen LogP contribution in [-0.4, -0.2) is 29.5 Å². The zero-order chi connectivity index (χ0) is 26.1. The minimum Gasteiger partial charge on any atom is -0.493 e. The minimum absolute atomic E-state index is 0.186. The highest BCUT2D eigenvalue weighted by Crippen LogP contribution is 2.29. The largest absolute Gasteiger partial charge is 0.493 e. The number of benzene rings is 3. The number of nitrogens with one attached hydrogen (secondary N) is 1. The fourth-order valence-corrected chi connectivity index (χ4v) is 3.50. The van der Waals surface area contributed by atoms with Crippen LogP contribution in [0.2, 0.25) is 0 Å². The summed E-state index contributed by atoms with van der Waals surface area (Å²) >= 11 is 0. The number of carboxylic acid groups (broad SMARTS) is 1. The molecule has 0 saturated heterocycles. The summed E-state index contributed by atoms with van der Waals surface area (Å²) in [5.41, 5.74) is 1.75. The Morgan fingerprint density at radius 1 is 0.944 bits per heavy atom. The molecule has 0 heterocycles. The minimum atomic E-state index is -4.36. The molecular formula is C28H26F3NO4. The number of halogens is 3. The number of alkyl halides is 3. The fourth-order valence-electron chi connectivity index (χ4n) is 3.50. The van der Waals surface area contributed by atoms with Gasteiger partial charge in [0, 0.05) is 30.2 Å². The number of ketones is 1. The third-order valence-electron chi connectivity index (χ3n) is 5.41. The van der Waals surface area contributed by atoms with Crippen molar-refractivity contribution in [2.75, 3.05) is 6.61 Å². The molecule has 0 aliphatic heterocycles. The van der Waals surface area contributed by atoms with Crippen molar-refractivity contribution in [1.82, 2.24) is 5.32 Å². The van der Waals surface area contributed by atoms with E-state index in [0.717, 1.165) is 23.3 Å². The van der Waals surface area contributed by atoms with E-state index in [1.807, 2.05) is 6.07 Å². The van der Waals surface area contributed by atoms with Crippen LogP contribution in [0, 0.1) is 0 Å². The predicted molar refractivity (Wildman–Crippen MR) is 130 cm³/mol. The van der Waals surface area contributed by atoms with E-state index in [0.29, 0.717) is 23.4 Å². The van der Waals surface area contributed by atoms with Gasteiger partial charge in [0.05, 0.1) is 12.2 Å². The van der Waals surface area contributed by atoms with E-state index in [9.17, 15) is 27.9 Å². The van der Waals surface area contributed by atoms with Crippen molar-refractivity contribution in [3.8, 4) is 5.75 Å². The number of carboxylic acids is 1. The van der Waals surface area contributed by atoms with Crippen LogP contribution in [0.5, 0.6) is 5.75 Å². The summed E-state index contributed by atoms with van der Waals surface area (Å²) in [6, 6.07) is 19.6. The summed E-state index contributed by atoms with van der Waals surface area (Å²) in [6.07, 6.45) is -2.36. The molecule has 0 fully saturated rings. The lowest BCUT2D eigenvalue weighted by Gasteiger charge is -2.16. The molecule has 3 rings (SSSR count). The van der Waals surface area contributed by atoms with E-state index >= 15 is 0 Å². The molecule has 2 N–H and O–H groups in total. The first-order valence-electron chi connectivity index (χ1n) is 11.3. The molecule has 5 nitrogen and oxygen atoms in total. The first kappa shape index (κ1) is 26.5. The first-order chi connectivity index (χ1) is 17.1. The smallest absolute Gasteiger partial charge is 0.416 e. The number of carbonyl (C=O) groups is 2. The average Bonchev–Trinajstić information content (AvgIpc) is 2.85. The van der Waals surface area contributed by atoms with Crippen molar-refractivity contribution in [1.29, 1.82) is 0 Å². The Morgan fingerprint density at radius 3 is 2.14 bits per heavy atom. The number of hydrogen-bond donors (Lipinski definition) is 2. The van der Waals surface area contributed by atoms with Crippen molar-refractivity contribution < 1.29 is 32.6 Å². The molecule has 0 amide bonds. The standard InChI is InChI=1S/C28H26F3NO4/c1-19(17-26(33)22-5-3-2-4-6-22)32-25(27(34)35)18-21-9-13-24(14-10-21)36-16-15-20-7-11-23(12-8-20)28(29,30)31/h2-14,17,25,32H,15-16,18H2,1H3,(H,34,35)/b19-17-/t25-/m0/s1. The van der Waals surface area contributed by atoms with E-state index in [1.54, 1.807) is 55.5 Å². The Morgan fingerprint density at radius 2 is 1.56 bits per heavy atom. The Balaban J connectivity index is 1.52. The third kappa shape index (κ3) is 8.01. The number of rotatable bonds is 11. The van der Waals surface area contributed by atoms with Crippen molar-refractivity contribution >= 4 is 11.8 Å². The van der Waals surface area contributed by atoms with Gasteiger partial charge in [0.15, 0.2) is 5.78 Å².